The molecule has 4 aromatic rings. The smallest absolute Gasteiger partial charge is 0.381 e. The summed E-state index contributed by atoms with van der Waals surface area (Å²) in [6.45, 7) is 2.89. The first kappa shape index (κ1) is 34.5. The van der Waals surface area contributed by atoms with Gasteiger partial charge in [0.25, 0.3) is 5.91 Å². The summed E-state index contributed by atoms with van der Waals surface area (Å²) >= 11 is 0.772. The third kappa shape index (κ3) is 7.63. The van der Waals surface area contributed by atoms with Crippen molar-refractivity contribution in [3.8, 4) is 0 Å². The molecule has 2 aliphatic heterocycles. The van der Waals surface area contributed by atoms with Gasteiger partial charge in [0, 0.05) is 56.0 Å². The van der Waals surface area contributed by atoms with Crippen molar-refractivity contribution in [1.82, 2.24) is 20.1 Å². The number of fused-ring (bicyclic) bond motifs is 1. The molecule has 2 saturated heterocycles. The monoisotopic (exact) mass is 707 g/mol. The molecule has 0 bridgehead atoms. The lowest BCUT2D eigenvalue weighted by atomic mass is 10.0. The molecule has 2 aromatic heterocycles. The highest BCUT2D eigenvalue weighted by molar-refractivity contribution is 7.99. The summed E-state index contributed by atoms with van der Waals surface area (Å²) in [4.78, 5) is 36.0. The number of halogens is 6. The lowest BCUT2D eigenvalue weighted by Crippen LogP contribution is -2.50. The fraction of sp³-hybridized carbons (Fsp3) is 0.375. The molecular formula is C32H31F6N7O3S. The highest BCUT2D eigenvalue weighted by Gasteiger charge is 2.46. The topological polar surface area (TPSA) is 107 Å². The lowest BCUT2D eigenvalue weighted by Gasteiger charge is -2.37. The van der Waals surface area contributed by atoms with Crippen molar-refractivity contribution in [1.29, 1.82) is 0 Å². The Morgan fingerprint density at radius 2 is 1.69 bits per heavy atom. The number of pyridine rings is 1. The van der Waals surface area contributed by atoms with E-state index in [2.05, 4.69) is 25.4 Å². The van der Waals surface area contributed by atoms with Gasteiger partial charge in [0.15, 0.2) is 5.82 Å². The highest BCUT2D eigenvalue weighted by Crippen LogP contribution is 2.40. The number of nitrogens with one attached hydrogen (secondary N) is 2. The summed E-state index contributed by atoms with van der Waals surface area (Å²) in [5, 5.41) is 9.58. The number of anilines is 3. The number of ether oxygens (including phenoxy) is 1. The molecule has 260 valence electrons. The van der Waals surface area contributed by atoms with Crippen molar-refractivity contribution in [2.24, 2.45) is 0 Å². The summed E-state index contributed by atoms with van der Waals surface area (Å²) in [6, 6.07) is 11.6. The molecule has 2 amide bonds. The molecule has 4 heterocycles. The van der Waals surface area contributed by atoms with Gasteiger partial charge in [-0.3, -0.25) is 14.7 Å². The summed E-state index contributed by atoms with van der Waals surface area (Å²) < 4.78 is 88.5. The van der Waals surface area contributed by atoms with Crippen LogP contribution in [0.4, 0.5) is 43.5 Å². The quantitative estimate of drug-likeness (QED) is 0.219. The van der Waals surface area contributed by atoms with Crippen LogP contribution in [-0.2, 0) is 15.7 Å². The molecule has 0 atom stereocenters. The minimum Gasteiger partial charge on any atom is -0.381 e. The van der Waals surface area contributed by atoms with E-state index in [1.165, 1.54) is 42.5 Å². The van der Waals surface area contributed by atoms with Gasteiger partial charge in [0.2, 0.25) is 0 Å². The number of alkyl halides is 6. The molecule has 10 nitrogen and oxygen atoms in total. The second-order valence-corrected chi connectivity index (χ2v) is 12.7. The van der Waals surface area contributed by atoms with E-state index in [4.69, 9.17) is 4.74 Å². The average molecular weight is 708 g/mol. The zero-order chi connectivity index (χ0) is 34.9. The molecule has 49 heavy (non-hydrogen) atoms. The molecule has 2 aromatic carbocycles. The van der Waals surface area contributed by atoms with Crippen LogP contribution in [0.3, 0.4) is 0 Å². The SMILES string of the molecule is CN1CCN(c2ccc(C(=O)Nc3n[nH]c4ccc(Sc5ccccc5C(F)(F)F)nc34)c(N(C(=O)C(F)(F)F)C3CCOCC3)c2)CC1. The number of carbonyl (C=O) groups excluding carboxylic acids is 2. The molecular weight excluding hydrogens is 676 g/mol. The molecule has 17 heteroatoms. The van der Waals surface area contributed by atoms with E-state index in [0.29, 0.717) is 42.3 Å². The number of carbonyl (C=O) groups is 2. The van der Waals surface area contributed by atoms with E-state index < -0.39 is 35.8 Å². The number of hydrogen-bond donors (Lipinski definition) is 2. The Morgan fingerprint density at radius 1 is 0.980 bits per heavy atom. The Bertz CT molecular complexity index is 1840. The minimum atomic E-state index is -5.23. The predicted molar refractivity (Wildman–Crippen MR) is 171 cm³/mol. The van der Waals surface area contributed by atoms with E-state index in [9.17, 15) is 35.9 Å². The Hall–Kier alpha value is -4.35. The van der Waals surface area contributed by atoms with Gasteiger partial charge in [-0.15, -0.1) is 0 Å². The van der Waals surface area contributed by atoms with E-state index in [0.717, 1.165) is 17.8 Å². The minimum absolute atomic E-state index is 0.0800. The lowest BCUT2D eigenvalue weighted by molar-refractivity contribution is -0.171. The number of piperazine rings is 1. The van der Waals surface area contributed by atoms with Crippen molar-refractivity contribution in [3.05, 3.63) is 65.7 Å². The van der Waals surface area contributed by atoms with Crippen LogP contribution in [0.25, 0.3) is 11.0 Å². The van der Waals surface area contributed by atoms with Crippen LogP contribution in [-0.4, -0.2) is 90.6 Å². The zero-order valence-electron chi connectivity index (χ0n) is 26.1. The number of likely N-dealkylation sites (N-methyl/N-ethyl adjacent to an activating group) is 1. The summed E-state index contributed by atoms with van der Waals surface area (Å²) in [6.07, 6.45) is -9.55. The van der Waals surface area contributed by atoms with Gasteiger partial charge in [-0.2, -0.15) is 31.4 Å². The molecule has 0 spiro atoms. The number of hydrogen-bond acceptors (Lipinski definition) is 8. The molecule has 6 rings (SSSR count). The van der Waals surface area contributed by atoms with Crippen LogP contribution < -0.4 is 15.1 Å². The van der Waals surface area contributed by atoms with E-state index in [1.807, 2.05) is 11.9 Å². The normalized spacial score (nSPS) is 16.6. The van der Waals surface area contributed by atoms with E-state index >= 15 is 0 Å². The Labute approximate surface area is 280 Å². The summed E-state index contributed by atoms with van der Waals surface area (Å²) in [5.74, 6) is -3.06. The Balaban J connectivity index is 1.36. The van der Waals surface area contributed by atoms with Gasteiger partial charge in [-0.1, -0.05) is 23.9 Å². The van der Waals surface area contributed by atoms with E-state index in [1.54, 1.807) is 6.07 Å². The van der Waals surface area contributed by atoms with Crippen LogP contribution in [0, 0.1) is 0 Å². The van der Waals surface area contributed by atoms with Crippen LogP contribution in [0.2, 0.25) is 0 Å². The molecule has 0 aliphatic carbocycles. The maximum absolute atomic E-state index is 14.1. The third-order valence-corrected chi connectivity index (χ3v) is 9.40. The molecule has 0 unspecified atom stereocenters. The van der Waals surface area contributed by atoms with Gasteiger partial charge < -0.3 is 24.8 Å². The largest absolute Gasteiger partial charge is 0.471 e. The standard InChI is InChI=1S/C32H31F6N7O3S/c1-43-12-14-44(15-13-43)20-6-7-21(24(18-20)45(30(47)32(36,37)38)19-10-16-48-17-11-19)29(46)40-28-27-23(41-42-28)8-9-26(39-27)49-25-5-3-2-4-22(25)31(33,34)35/h2-9,18-19H,10-17H2,1H3,(H2,40,41,42,46). The first-order chi connectivity index (χ1) is 23.3. The average Bonchev–Trinajstić information content (AvgIpc) is 3.46. The molecule has 2 fully saturated rings. The second kappa shape index (κ2) is 13.9. The number of rotatable bonds is 7. The highest BCUT2D eigenvalue weighted by atomic mass is 32.2. The van der Waals surface area contributed by atoms with Gasteiger partial charge >= 0.3 is 18.3 Å². The van der Waals surface area contributed by atoms with Crippen molar-refractivity contribution >= 4 is 51.8 Å². The summed E-state index contributed by atoms with van der Waals surface area (Å²) in [7, 11) is 1.96. The molecule has 0 saturated carbocycles. The first-order valence-corrected chi connectivity index (χ1v) is 16.2. The van der Waals surface area contributed by atoms with Crippen molar-refractivity contribution in [3.63, 3.8) is 0 Å². The predicted octanol–water partition coefficient (Wildman–Crippen LogP) is 6.21. The van der Waals surface area contributed by atoms with Crippen molar-refractivity contribution in [2.75, 3.05) is 61.6 Å². The number of nitrogens with zero attached hydrogens (tertiary/aromatic N) is 5. The second-order valence-electron chi connectivity index (χ2n) is 11.7. The van der Waals surface area contributed by atoms with Crippen LogP contribution in [0.1, 0.15) is 28.8 Å². The number of aromatic nitrogens is 3. The Morgan fingerprint density at radius 3 is 2.39 bits per heavy atom. The van der Waals surface area contributed by atoms with Crippen LogP contribution in [0.5, 0.6) is 0 Å². The number of aromatic amines is 1. The van der Waals surface area contributed by atoms with Gasteiger partial charge in [0.1, 0.15) is 10.5 Å². The van der Waals surface area contributed by atoms with Crippen LogP contribution in [0.15, 0.2) is 64.5 Å². The Kier molecular flexibility index (Phi) is 9.77. The fourth-order valence-electron chi connectivity index (χ4n) is 5.83. The maximum atomic E-state index is 14.1. The van der Waals surface area contributed by atoms with E-state index in [-0.39, 0.29) is 58.6 Å². The van der Waals surface area contributed by atoms with Gasteiger partial charge in [-0.25, -0.2) is 4.98 Å². The molecule has 2 N–H and O–H groups in total. The number of amides is 2. The molecule has 0 radical (unpaired) electrons. The van der Waals surface area contributed by atoms with Crippen molar-refractivity contribution in [2.45, 2.75) is 41.2 Å². The number of benzene rings is 2. The van der Waals surface area contributed by atoms with Gasteiger partial charge in [-0.05, 0) is 62.4 Å². The number of H-pyrrole nitrogens is 1. The molecule has 2 aliphatic rings. The van der Waals surface area contributed by atoms with Crippen LogP contribution >= 0.6 is 11.8 Å². The fourth-order valence-corrected chi connectivity index (χ4v) is 6.77. The van der Waals surface area contributed by atoms with Gasteiger partial charge in [0.05, 0.1) is 22.3 Å². The first-order valence-electron chi connectivity index (χ1n) is 15.4. The zero-order valence-corrected chi connectivity index (χ0v) is 26.9. The third-order valence-electron chi connectivity index (χ3n) is 8.39. The summed E-state index contributed by atoms with van der Waals surface area (Å²) in [5.41, 5.74) is -0.229. The maximum Gasteiger partial charge on any atom is 0.471 e. The van der Waals surface area contributed by atoms with Crippen molar-refractivity contribution < 1.29 is 40.7 Å².